The first kappa shape index (κ1) is 22.8. The van der Waals surface area contributed by atoms with Gasteiger partial charge < -0.3 is 0 Å². The topological polar surface area (TPSA) is 25.8 Å². The van der Waals surface area contributed by atoms with Crippen molar-refractivity contribution >= 4 is 0 Å². The summed E-state index contributed by atoms with van der Waals surface area (Å²) in [6, 6.07) is 0. The third kappa shape index (κ3) is 7.37. The van der Waals surface area contributed by atoms with Gasteiger partial charge in [-0.15, -0.1) is 0 Å². The second-order valence-corrected chi connectivity index (χ2v) is 10.1. The Morgan fingerprint density at radius 3 is 1.90 bits per heavy atom. The molecule has 0 saturated heterocycles. The van der Waals surface area contributed by atoms with Gasteiger partial charge in [0.05, 0.1) is 0 Å². The van der Waals surface area contributed by atoms with Crippen LogP contribution in [0.15, 0.2) is 12.4 Å². The monoisotopic (exact) mass is 398 g/mol. The zero-order chi connectivity index (χ0) is 20.3. The summed E-state index contributed by atoms with van der Waals surface area (Å²) < 4.78 is 0. The van der Waals surface area contributed by atoms with Crippen molar-refractivity contribution in [2.24, 2.45) is 17.8 Å². The molecule has 0 atom stereocenters. The van der Waals surface area contributed by atoms with Crippen LogP contribution < -0.4 is 0 Å². The highest BCUT2D eigenvalue weighted by Gasteiger charge is 2.31. The molecule has 1 heterocycles. The second-order valence-electron chi connectivity index (χ2n) is 10.1. The summed E-state index contributed by atoms with van der Waals surface area (Å²) in [5.41, 5.74) is 1.33. The van der Waals surface area contributed by atoms with E-state index in [0.29, 0.717) is 5.92 Å². The molecule has 0 spiro atoms. The van der Waals surface area contributed by atoms with Gasteiger partial charge in [-0.05, 0) is 74.7 Å². The van der Waals surface area contributed by atoms with Gasteiger partial charge in [0.2, 0.25) is 0 Å². The van der Waals surface area contributed by atoms with Crippen LogP contribution in [0.5, 0.6) is 0 Å². The molecule has 0 radical (unpaired) electrons. The number of unbranched alkanes of at least 4 members (excludes halogenated alkanes) is 5. The molecule has 164 valence electrons. The van der Waals surface area contributed by atoms with Crippen molar-refractivity contribution < 1.29 is 0 Å². The molecule has 2 fully saturated rings. The Morgan fingerprint density at radius 1 is 0.690 bits per heavy atom. The molecule has 1 aromatic rings. The number of hydrogen-bond donors (Lipinski definition) is 0. The van der Waals surface area contributed by atoms with Crippen molar-refractivity contribution in [3.8, 4) is 0 Å². The highest BCUT2D eigenvalue weighted by atomic mass is 14.9. The van der Waals surface area contributed by atoms with Gasteiger partial charge >= 0.3 is 0 Å². The standard InChI is InChI=1S/C27H46N2/c1-3-5-7-8-9-11-23-20-28-27(29-21-23)26-18-16-25(17-19-26)24-14-12-22(13-15-24)10-6-4-2/h20-22,24-26H,3-19H2,1-2H3/t22-,24-,25?,26?. The number of nitrogens with zero attached hydrogens (tertiary/aromatic N) is 2. The first-order valence-electron chi connectivity index (χ1n) is 13.1. The minimum atomic E-state index is 0.616. The van der Waals surface area contributed by atoms with E-state index in [9.17, 15) is 0 Å². The molecule has 2 nitrogen and oxygen atoms in total. The fraction of sp³-hybridized carbons (Fsp3) is 0.852. The third-order valence-corrected chi connectivity index (χ3v) is 7.96. The maximum atomic E-state index is 4.78. The van der Waals surface area contributed by atoms with E-state index in [-0.39, 0.29) is 0 Å². The van der Waals surface area contributed by atoms with E-state index in [1.54, 1.807) is 0 Å². The van der Waals surface area contributed by atoms with Gasteiger partial charge in [0.25, 0.3) is 0 Å². The summed E-state index contributed by atoms with van der Waals surface area (Å²) in [4.78, 5) is 9.56. The molecular weight excluding hydrogens is 352 g/mol. The molecule has 0 amide bonds. The maximum Gasteiger partial charge on any atom is 0.131 e. The second kappa shape index (κ2) is 12.7. The summed E-state index contributed by atoms with van der Waals surface area (Å²) in [6.45, 7) is 4.61. The van der Waals surface area contributed by atoms with Crippen LogP contribution in [0.3, 0.4) is 0 Å². The van der Waals surface area contributed by atoms with Crippen molar-refractivity contribution in [1.82, 2.24) is 9.97 Å². The van der Waals surface area contributed by atoms with E-state index in [1.807, 2.05) is 0 Å². The van der Waals surface area contributed by atoms with Crippen LogP contribution in [0.1, 0.15) is 134 Å². The minimum absolute atomic E-state index is 0.616. The molecule has 0 aromatic carbocycles. The Labute approximate surface area is 180 Å². The summed E-state index contributed by atoms with van der Waals surface area (Å²) >= 11 is 0. The molecule has 2 aliphatic rings. The first-order valence-corrected chi connectivity index (χ1v) is 13.1. The Hall–Kier alpha value is -0.920. The maximum absolute atomic E-state index is 4.78. The average Bonchev–Trinajstić information content (AvgIpc) is 2.78. The van der Waals surface area contributed by atoms with Crippen LogP contribution >= 0.6 is 0 Å². The predicted octanol–water partition coefficient (Wildman–Crippen LogP) is 8.26. The van der Waals surface area contributed by atoms with Crippen molar-refractivity contribution in [2.45, 2.75) is 129 Å². The van der Waals surface area contributed by atoms with E-state index in [2.05, 4.69) is 26.2 Å². The molecule has 0 N–H and O–H groups in total. The zero-order valence-corrected chi connectivity index (χ0v) is 19.4. The lowest BCUT2D eigenvalue weighted by atomic mass is 9.68. The summed E-state index contributed by atoms with van der Waals surface area (Å²) in [5.74, 6) is 4.79. The molecule has 2 heteroatoms. The molecule has 29 heavy (non-hydrogen) atoms. The van der Waals surface area contributed by atoms with E-state index < -0.39 is 0 Å². The molecule has 2 saturated carbocycles. The van der Waals surface area contributed by atoms with Crippen molar-refractivity contribution in [3.63, 3.8) is 0 Å². The number of aryl methyl sites for hydroxylation is 1. The van der Waals surface area contributed by atoms with Gasteiger partial charge in [0.15, 0.2) is 0 Å². The summed E-state index contributed by atoms with van der Waals surface area (Å²) in [5, 5.41) is 0. The van der Waals surface area contributed by atoms with Gasteiger partial charge in [-0.1, -0.05) is 71.6 Å². The minimum Gasteiger partial charge on any atom is -0.241 e. The Kier molecular flexibility index (Phi) is 9.97. The summed E-state index contributed by atoms with van der Waals surface area (Å²) in [7, 11) is 0. The van der Waals surface area contributed by atoms with Crippen LogP contribution in [0.2, 0.25) is 0 Å². The fourth-order valence-corrected chi connectivity index (χ4v) is 5.93. The molecule has 0 aliphatic heterocycles. The van der Waals surface area contributed by atoms with Gasteiger partial charge in [0, 0.05) is 18.3 Å². The van der Waals surface area contributed by atoms with Crippen molar-refractivity contribution in [2.75, 3.05) is 0 Å². The highest BCUT2D eigenvalue weighted by Crippen LogP contribution is 2.44. The van der Waals surface area contributed by atoms with Crippen LogP contribution in [0, 0.1) is 17.8 Å². The largest absolute Gasteiger partial charge is 0.241 e. The smallest absolute Gasteiger partial charge is 0.131 e. The average molecular weight is 399 g/mol. The number of rotatable bonds is 11. The Bertz CT molecular complexity index is 536. The molecule has 3 rings (SSSR count). The molecular formula is C27H46N2. The number of aromatic nitrogens is 2. The van der Waals surface area contributed by atoms with E-state index in [0.717, 1.165) is 30.0 Å². The Balaban J connectivity index is 1.36. The fourth-order valence-electron chi connectivity index (χ4n) is 5.93. The van der Waals surface area contributed by atoms with E-state index >= 15 is 0 Å². The van der Waals surface area contributed by atoms with Gasteiger partial charge in [-0.25, -0.2) is 9.97 Å². The first-order chi connectivity index (χ1) is 14.3. The zero-order valence-electron chi connectivity index (χ0n) is 19.4. The van der Waals surface area contributed by atoms with Gasteiger partial charge in [-0.2, -0.15) is 0 Å². The SMILES string of the molecule is CCCCCCCc1cnc(C2CCC([C@H]3CC[C@H](CCCC)CC3)CC2)nc1. The van der Waals surface area contributed by atoms with Crippen molar-refractivity contribution in [1.29, 1.82) is 0 Å². The summed E-state index contributed by atoms with van der Waals surface area (Å²) in [6.07, 6.45) is 27.9. The van der Waals surface area contributed by atoms with Crippen LogP contribution in [0.4, 0.5) is 0 Å². The highest BCUT2D eigenvalue weighted by molar-refractivity contribution is 5.08. The lowest BCUT2D eigenvalue weighted by Crippen LogP contribution is -2.25. The quantitative estimate of drug-likeness (QED) is 0.350. The van der Waals surface area contributed by atoms with Crippen LogP contribution in [-0.4, -0.2) is 9.97 Å². The lowest BCUT2D eigenvalue weighted by Gasteiger charge is -2.37. The van der Waals surface area contributed by atoms with E-state index in [1.165, 1.54) is 108 Å². The number of hydrogen-bond acceptors (Lipinski definition) is 2. The molecule has 2 aliphatic carbocycles. The van der Waals surface area contributed by atoms with Crippen LogP contribution in [-0.2, 0) is 6.42 Å². The van der Waals surface area contributed by atoms with E-state index in [4.69, 9.17) is 9.97 Å². The molecule has 0 unspecified atom stereocenters. The molecule has 1 aromatic heterocycles. The van der Waals surface area contributed by atoms with Gasteiger partial charge in [0.1, 0.15) is 5.82 Å². The Morgan fingerprint density at radius 2 is 1.28 bits per heavy atom. The van der Waals surface area contributed by atoms with Crippen molar-refractivity contribution in [3.05, 3.63) is 23.8 Å². The van der Waals surface area contributed by atoms with Crippen LogP contribution in [0.25, 0.3) is 0 Å². The van der Waals surface area contributed by atoms with Gasteiger partial charge in [-0.3, -0.25) is 0 Å². The third-order valence-electron chi connectivity index (χ3n) is 7.96. The predicted molar refractivity (Wildman–Crippen MR) is 124 cm³/mol. The molecule has 0 bridgehead atoms. The lowest BCUT2D eigenvalue weighted by molar-refractivity contribution is 0.154. The normalized spacial score (nSPS) is 27.8.